The molecule has 1 unspecified atom stereocenters. The molecule has 1 aromatic heterocycles. The number of piperidine rings is 1. The van der Waals surface area contributed by atoms with Crippen LogP contribution in [0.4, 0.5) is 5.82 Å². The highest BCUT2D eigenvalue weighted by Gasteiger charge is 2.23. The molecule has 168 valence electrons. The van der Waals surface area contributed by atoms with Gasteiger partial charge >= 0.3 is 0 Å². The van der Waals surface area contributed by atoms with Crippen molar-refractivity contribution in [2.45, 2.75) is 52.0 Å². The number of aromatic nitrogens is 2. The molecule has 4 rings (SSSR count). The van der Waals surface area contributed by atoms with Crippen molar-refractivity contribution >= 4 is 17.2 Å². The van der Waals surface area contributed by atoms with Gasteiger partial charge < -0.3 is 14.2 Å². The highest BCUT2D eigenvalue weighted by molar-refractivity contribution is 7.88. The number of fused-ring (bicyclic) bond motifs is 1. The Morgan fingerprint density at radius 1 is 1.10 bits per heavy atom. The maximum Gasteiger partial charge on any atom is 0.151 e. The number of nitrogens with zero attached hydrogens (tertiary/aromatic N) is 4. The van der Waals surface area contributed by atoms with Crippen molar-refractivity contribution in [3.63, 3.8) is 0 Å². The molecule has 0 spiro atoms. The number of rotatable bonds is 8. The molecular weight excluding hydrogens is 408 g/mol. The van der Waals surface area contributed by atoms with E-state index in [1.807, 2.05) is 4.31 Å². The van der Waals surface area contributed by atoms with Crippen LogP contribution in [0.3, 0.4) is 0 Å². The first-order valence-corrected chi connectivity index (χ1v) is 13.0. The Morgan fingerprint density at radius 3 is 2.65 bits per heavy atom. The molecule has 1 aromatic carbocycles. The summed E-state index contributed by atoms with van der Waals surface area (Å²) in [7, 11) is 0. The summed E-state index contributed by atoms with van der Waals surface area (Å²) in [4.78, 5) is 2.36. The molecule has 0 bridgehead atoms. The van der Waals surface area contributed by atoms with Gasteiger partial charge in [0, 0.05) is 31.0 Å². The Kier molecular flexibility index (Phi) is 7.69. The molecule has 1 fully saturated rings. The molecule has 0 radical (unpaired) electrons. The SMILES string of the molecule is CCc1ccc(N2CCC(CCCOc3ccc4c(c3)CCN([S+](C)[O-])C4)CC2)nn1. The van der Waals surface area contributed by atoms with Crippen LogP contribution in [0.25, 0.3) is 0 Å². The largest absolute Gasteiger partial charge is 0.598 e. The van der Waals surface area contributed by atoms with E-state index in [1.165, 1.54) is 30.4 Å². The fraction of sp³-hybridized carbons (Fsp3) is 0.583. The average Bonchev–Trinajstić information content (AvgIpc) is 2.82. The summed E-state index contributed by atoms with van der Waals surface area (Å²) in [5, 5.41) is 8.68. The van der Waals surface area contributed by atoms with E-state index >= 15 is 0 Å². The van der Waals surface area contributed by atoms with Gasteiger partial charge in [-0.3, -0.25) is 0 Å². The molecule has 31 heavy (non-hydrogen) atoms. The molecule has 2 aliphatic heterocycles. The lowest BCUT2D eigenvalue weighted by Crippen LogP contribution is -2.35. The zero-order chi connectivity index (χ0) is 21.6. The summed E-state index contributed by atoms with van der Waals surface area (Å²) in [6, 6.07) is 10.6. The smallest absolute Gasteiger partial charge is 0.151 e. The van der Waals surface area contributed by atoms with Crippen LogP contribution < -0.4 is 9.64 Å². The third kappa shape index (κ3) is 5.90. The average molecular weight is 443 g/mol. The first-order valence-electron chi connectivity index (χ1n) is 11.5. The Hall–Kier alpha value is -1.83. The lowest BCUT2D eigenvalue weighted by Gasteiger charge is -2.32. The third-order valence-corrected chi connectivity index (χ3v) is 7.59. The van der Waals surface area contributed by atoms with Crippen molar-refractivity contribution in [1.82, 2.24) is 14.5 Å². The number of aryl methyl sites for hydroxylation is 1. The van der Waals surface area contributed by atoms with Gasteiger partial charge in [-0.25, -0.2) is 0 Å². The maximum atomic E-state index is 11.7. The molecule has 1 atom stereocenters. The summed E-state index contributed by atoms with van der Waals surface area (Å²) in [5.41, 5.74) is 3.66. The van der Waals surface area contributed by atoms with Crippen LogP contribution in [0.5, 0.6) is 5.75 Å². The van der Waals surface area contributed by atoms with E-state index < -0.39 is 11.4 Å². The number of ether oxygens (including phenoxy) is 1. The van der Waals surface area contributed by atoms with E-state index in [4.69, 9.17) is 4.74 Å². The van der Waals surface area contributed by atoms with E-state index in [1.54, 1.807) is 6.26 Å². The summed E-state index contributed by atoms with van der Waals surface area (Å²) in [6.07, 6.45) is 8.37. The Labute approximate surface area is 189 Å². The molecule has 1 saturated heterocycles. The molecule has 2 aromatic rings. The summed E-state index contributed by atoms with van der Waals surface area (Å²) >= 11 is -0.896. The second-order valence-corrected chi connectivity index (χ2v) is 9.99. The quantitative estimate of drug-likeness (QED) is 0.458. The normalized spacial score (nSPS) is 18.6. The predicted octanol–water partition coefficient (Wildman–Crippen LogP) is 3.77. The highest BCUT2D eigenvalue weighted by Crippen LogP contribution is 2.27. The number of anilines is 1. The fourth-order valence-electron chi connectivity index (χ4n) is 4.54. The van der Waals surface area contributed by atoms with E-state index in [-0.39, 0.29) is 0 Å². The Morgan fingerprint density at radius 2 is 1.94 bits per heavy atom. The number of benzene rings is 1. The minimum atomic E-state index is -0.896. The van der Waals surface area contributed by atoms with Crippen molar-refractivity contribution in [2.24, 2.45) is 5.92 Å². The molecule has 0 aliphatic carbocycles. The molecular formula is C24H34N4O2S. The monoisotopic (exact) mass is 442 g/mol. The summed E-state index contributed by atoms with van der Waals surface area (Å²) in [5.74, 6) is 2.75. The zero-order valence-electron chi connectivity index (χ0n) is 18.8. The number of hydrogen-bond acceptors (Lipinski definition) is 6. The lowest BCUT2D eigenvalue weighted by atomic mass is 9.92. The van der Waals surface area contributed by atoms with Crippen LogP contribution in [-0.4, -0.2) is 51.6 Å². The van der Waals surface area contributed by atoms with E-state index in [0.29, 0.717) is 0 Å². The zero-order valence-corrected chi connectivity index (χ0v) is 19.6. The highest BCUT2D eigenvalue weighted by atomic mass is 32.2. The van der Waals surface area contributed by atoms with Gasteiger partial charge in [-0.2, -0.15) is 5.10 Å². The molecule has 2 aliphatic rings. The van der Waals surface area contributed by atoms with Gasteiger partial charge in [0.2, 0.25) is 0 Å². The van der Waals surface area contributed by atoms with Crippen molar-refractivity contribution in [2.75, 3.05) is 37.4 Å². The predicted molar refractivity (Wildman–Crippen MR) is 126 cm³/mol. The van der Waals surface area contributed by atoms with E-state index in [0.717, 1.165) is 75.2 Å². The van der Waals surface area contributed by atoms with Gasteiger partial charge in [0.15, 0.2) is 5.82 Å². The first-order chi connectivity index (χ1) is 15.1. The van der Waals surface area contributed by atoms with Crippen molar-refractivity contribution in [1.29, 1.82) is 0 Å². The van der Waals surface area contributed by atoms with Crippen LogP contribution in [-0.2, 0) is 30.7 Å². The van der Waals surface area contributed by atoms with Gasteiger partial charge in [-0.05, 0) is 79.8 Å². The molecule has 0 amide bonds. The van der Waals surface area contributed by atoms with Crippen molar-refractivity contribution < 1.29 is 9.29 Å². The van der Waals surface area contributed by atoms with E-state index in [2.05, 4.69) is 52.4 Å². The second-order valence-electron chi connectivity index (χ2n) is 8.63. The summed E-state index contributed by atoms with van der Waals surface area (Å²) in [6.45, 7) is 6.63. The minimum absolute atomic E-state index is 0.770. The van der Waals surface area contributed by atoms with E-state index in [9.17, 15) is 4.55 Å². The first kappa shape index (κ1) is 22.4. The number of hydrogen-bond donors (Lipinski definition) is 0. The van der Waals surface area contributed by atoms with Crippen LogP contribution >= 0.6 is 0 Å². The van der Waals surface area contributed by atoms with Crippen LogP contribution in [0, 0.1) is 5.92 Å². The molecule has 6 nitrogen and oxygen atoms in total. The van der Waals surface area contributed by atoms with Crippen LogP contribution in [0.15, 0.2) is 30.3 Å². The van der Waals surface area contributed by atoms with Gasteiger partial charge in [0.25, 0.3) is 0 Å². The topological polar surface area (TPSA) is 64.5 Å². The van der Waals surface area contributed by atoms with Gasteiger partial charge in [0.1, 0.15) is 12.0 Å². The molecule has 7 heteroatoms. The minimum Gasteiger partial charge on any atom is -0.598 e. The van der Waals surface area contributed by atoms with Gasteiger partial charge in [-0.1, -0.05) is 13.0 Å². The van der Waals surface area contributed by atoms with Crippen molar-refractivity contribution in [3.8, 4) is 5.75 Å². The standard InChI is InChI=1S/C24H34N4O2S/c1-3-22-7-9-24(26-25-22)27-13-10-19(11-14-27)5-4-16-30-23-8-6-21-18-28(31(2)29)15-12-20(21)17-23/h6-9,17,19H,3-5,10-16,18H2,1-2H3. The Bertz CT molecular complexity index is 838. The van der Waals surface area contributed by atoms with Gasteiger partial charge in [0.05, 0.1) is 18.8 Å². The maximum absolute atomic E-state index is 11.7. The van der Waals surface area contributed by atoms with Gasteiger partial charge in [-0.15, -0.1) is 9.40 Å². The molecule has 0 saturated carbocycles. The fourth-order valence-corrected chi connectivity index (χ4v) is 5.20. The second kappa shape index (κ2) is 10.7. The van der Waals surface area contributed by atoms with Crippen LogP contribution in [0.1, 0.15) is 49.4 Å². The molecule has 0 N–H and O–H groups in total. The van der Waals surface area contributed by atoms with Crippen LogP contribution in [0.2, 0.25) is 0 Å². The Balaban J connectivity index is 1.16. The summed E-state index contributed by atoms with van der Waals surface area (Å²) < 4.78 is 19.8. The lowest BCUT2D eigenvalue weighted by molar-refractivity contribution is 0.278. The van der Waals surface area contributed by atoms with Crippen molar-refractivity contribution in [3.05, 3.63) is 47.2 Å². The third-order valence-electron chi connectivity index (χ3n) is 6.55. The molecule has 3 heterocycles.